The summed E-state index contributed by atoms with van der Waals surface area (Å²) in [6.07, 6.45) is 1.19. The van der Waals surface area contributed by atoms with Crippen molar-refractivity contribution in [3.63, 3.8) is 0 Å². The van der Waals surface area contributed by atoms with Crippen LogP contribution in [0, 0.1) is 11.3 Å². The lowest BCUT2D eigenvalue weighted by molar-refractivity contribution is 0.0843. The zero-order chi connectivity index (χ0) is 14.5. The van der Waals surface area contributed by atoms with E-state index in [2.05, 4.69) is 51.8 Å². The third-order valence-electron chi connectivity index (χ3n) is 3.94. The molecule has 3 nitrogen and oxygen atoms in total. The van der Waals surface area contributed by atoms with Crippen molar-refractivity contribution in [3.05, 3.63) is 0 Å². The maximum absolute atomic E-state index is 5.71. The molecule has 0 aromatic carbocycles. The van der Waals surface area contributed by atoms with Crippen molar-refractivity contribution < 1.29 is 4.74 Å². The van der Waals surface area contributed by atoms with E-state index in [1.54, 1.807) is 0 Å². The average molecular weight is 270 g/mol. The summed E-state index contributed by atoms with van der Waals surface area (Å²) in [4.78, 5) is 2.63. The Balaban J connectivity index is 2.64. The Bertz CT molecular complexity index is 245. The van der Waals surface area contributed by atoms with Crippen LogP contribution in [0.4, 0.5) is 0 Å². The van der Waals surface area contributed by atoms with E-state index in [1.165, 1.54) is 13.0 Å². The van der Waals surface area contributed by atoms with E-state index >= 15 is 0 Å². The lowest BCUT2D eigenvalue weighted by Gasteiger charge is -2.38. The summed E-state index contributed by atoms with van der Waals surface area (Å²) in [5.74, 6) is 0.722. The fourth-order valence-corrected chi connectivity index (χ4v) is 2.75. The third kappa shape index (κ3) is 5.80. The zero-order valence-corrected chi connectivity index (χ0v) is 13.8. The lowest BCUT2D eigenvalue weighted by atomic mass is 9.85. The standard InChI is InChI=1S/C16H34N2O/c1-13(2)9-18(15(5)6)11-16(7-8-19-12-16)10-17-14(3)4/h13-15,17H,7-12H2,1-6H3. The summed E-state index contributed by atoms with van der Waals surface area (Å²) in [6, 6.07) is 1.16. The highest BCUT2D eigenvalue weighted by atomic mass is 16.5. The van der Waals surface area contributed by atoms with Crippen LogP contribution in [0.2, 0.25) is 0 Å². The number of nitrogens with one attached hydrogen (secondary N) is 1. The van der Waals surface area contributed by atoms with E-state index in [0.717, 1.165) is 32.2 Å². The van der Waals surface area contributed by atoms with Crippen molar-refractivity contribution in [2.24, 2.45) is 11.3 Å². The van der Waals surface area contributed by atoms with Gasteiger partial charge in [0.05, 0.1) is 6.61 Å². The minimum Gasteiger partial charge on any atom is -0.381 e. The summed E-state index contributed by atoms with van der Waals surface area (Å²) in [6.45, 7) is 18.9. The van der Waals surface area contributed by atoms with Crippen LogP contribution in [-0.2, 0) is 4.74 Å². The molecule has 0 bridgehead atoms. The summed E-state index contributed by atoms with van der Waals surface area (Å²) in [7, 11) is 0. The van der Waals surface area contributed by atoms with Gasteiger partial charge in [0.25, 0.3) is 0 Å². The highest BCUT2D eigenvalue weighted by Gasteiger charge is 2.37. The first-order valence-electron chi connectivity index (χ1n) is 7.90. The molecule has 0 aromatic heterocycles. The summed E-state index contributed by atoms with van der Waals surface area (Å²) in [5.41, 5.74) is 0.309. The van der Waals surface area contributed by atoms with Crippen LogP contribution in [0.25, 0.3) is 0 Å². The van der Waals surface area contributed by atoms with Crippen molar-refractivity contribution in [1.29, 1.82) is 0 Å². The molecule has 1 fully saturated rings. The Morgan fingerprint density at radius 2 is 1.84 bits per heavy atom. The number of hydrogen-bond acceptors (Lipinski definition) is 3. The zero-order valence-electron chi connectivity index (χ0n) is 13.8. The molecule has 114 valence electrons. The van der Waals surface area contributed by atoms with Crippen molar-refractivity contribution >= 4 is 0 Å². The molecular formula is C16H34N2O. The molecule has 1 aliphatic heterocycles. The molecule has 1 N–H and O–H groups in total. The molecule has 1 unspecified atom stereocenters. The normalized spacial score (nSPS) is 24.3. The van der Waals surface area contributed by atoms with Crippen LogP contribution in [0.3, 0.4) is 0 Å². The van der Waals surface area contributed by atoms with Gasteiger partial charge in [-0.05, 0) is 26.2 Å². The minimum absolute atomic E-state index is 0.309. The van der Waals surface area contributed by atoms with Crippen LogP contribution in [0.15, 0.2) is 0 Å². The topological polar surface area (TPSA) is 24.5 Å². The van der Waals surface area contributed by atoms with Crippen molar-refractivity contribution in [2.45, 2.75) is 60.0 Å². The van der Waals surface area contributed by atoms with Gasteiger partial charge < -0.3 is 10.1 Å². The number of hydrogen-bond donors (Lipinski definition) is 1. The second kappa shape index (κ2) is 7.61. The fourth-order valence-electron chi connectivity index (χ4n) is 2.75. The van der Waals surface area contributed by atoms with E-state index in [4.69, 9.17) is 4.74 Å². The smallest absolute Gasteiger partial charge is 0.0547 e. The number of nitrogens with zero attached hydrogens (tertiary/aromatic N) is 1. The predicted octanol–water partition coefficient (Wildman–Crippen LogP) is 2.76. The van der Waals surface area contributed by atoms with Gasteiger partial charge in [0, 0.05) is 43.7 Å². The largest absolute Gasteiger partial charge is 0.381 e. The molecule has 1 heterocycles. The van der Waals surface area contributed by atoms with Gasteiger partial charge in [0.1, 0.15) is 0 Å². The van der Waals surface area contributed by atoms with E-state index in [0.29, 0.717) is 17.5 Å². The summed E-state index contributed by atoms with van der Waals surface area (Å²) in [5, 5.41) is 3.62. The molecular weight excluding hydrogens is 236 g/mol. The van der Waals surface area contributed by atoms with Gasteiger partial charge in [-0.1, -0.05) is 27.7 Å². The van der Waals surface area contributed by atoms with Crippen molar-refractivity contribution in [1.82, 2.24) is 10.2 Å². The van der Waals surface area contributed by atoms with E-state index < -0.39 is 0 Å². The first-order chi connectivity index (χ1) is 8.84. The van der Waals surface area contributed by atoms with Gasteiger partial charge in [0.2, 0.25) is 0 Å². The van der Waals surface area contributed by atoms with Gasteiger partial charge in [0.15, 0.2) is 0 Å². The molecule has 0 saturated carbocycles. The van der Waals surface area contributed by atoms with Gasteiger partial charge in [-0.2, -0.15) is 0 Å². The van der Waals surface area contributed by atoms with E-state index in [-0.39, 0.29) is 0 Å². The van der Waals surface area contributed by atoms with Gasteiger partial charge in [-0.3, -0.25) is 4.90 Å². The molecule has 0 aromatic rings. The lowest BCUT2D eigenvalue weighted by Crippen LogP contribution is -2.49. The number of ether oxygens (including phenoxy) is 1. The molecule has 19 heavy (non-hydrogen) atoms. The monoisotopic (exact) mass is 270 g/mol. The summed E-state index contributed by atoms with van der Waals surface area (Å²) >= 11 is 0. The molecule has 1 atom stereocenters. The maximum atomic E-state index is 5.71. The fraction of sp³-hybridized carbons (Fsp3) is 1.00. The molecule has 0 spiro atoms. The Labute approximate surface area is 120 Å². The van der Waals surface area contributed by atoms with Crippen LogP contribution >= 0.6 is 0 Å². The quantitative estimate of drug-likeness (QED) is 0.734. The molecule has 1 rings (SSSR count). The van der Waals surface area contributed by atoms with Crippen molar-refractivity contribution in [2.75, 3.05) is 32.8 Å². The first-order valence-corrected chi connectivity index (χ1v) is 7.90. The molecule has 0 radical (unpaired) electrons. The molecule has 0 amide bonds. The Morgan fingerprint density at radius 3 is 2.26 bits per heavy atom. The van der Waals surface area contributed by atoms with Gasteiger partial charge in [-0.15, -0.1) is 0 Å². The number of rotatable bonds is 8. The average Bonchev–Trinajstić information content (AvgIpc) is 2.74. The molecule has 1 saturated heterocycles. The second-order valence-electron chi connectivity index (χ2n) is 7.26. The minimum atomic E-state index is 0.309. The van der Waals surface area contributed by atoms with Crippen LogP contribution in [0.5, 0.6) is 0 Å². The maximum Gasteiger partial charge on any atom is 0.0547 e. The third-order valence-corrected chi connectivity index (χ3v) is 3.94. The molecule has 1 aliphatic rings. The highest BCUT2D eigenvalue weighted by molar-refractivity contribution is 4.89. The Morgan fingerprint density at radius 1 is 1.16 bits per heavy atom. The van der Waals surface area contributed by atoms with Crippen LogP contribution in [0.1, 0.15) is 48.0 Å². The van der Waals surface area contributed by atoms with Crippen LogP contribution in [-0.4, -0.2) is 49.8 Å². The predicted molar refractivity (Wildman–Crippen MR) is 82.6 cm³/mol. The molecule has 3 heteroatoms. The molecule has 0 aliphatic carbocycles. The summed E-state index contributed by atoms with van der Waals surface area (Å²) < 4.78 is 5.71. The van der Waals surface area contributed by atoms with E-state index in [1.807, 2.05) is 0 Å². The van der Waals surface area contributed by atoms with E-state index in [9.17, 15) is 0 Å². The second-order valence-corrected chi connectivity index (χ2v) is 7.26. The Kier molecular flexibility index (Phi) is 6.78. The van der Waals surface area contributed by atoms with Gasteiger partial charge in [-0.25, -0.2) is 0 Å². The first kappa shape index (κ1) is 16.9. The highest BCUT2D eigenvalue weighted by Crippen LogP contribution is 2.30. The van der Waals surface area contributed by atoms with Crippen LogP contribution < -0.4 is 5.32 Å². The SMILES string of the molecule is CC(C)CN(CC1(CNC(C)C)CCOC1)C(C)C. The van der Waals surface area contributed by atoms with Crippen molar-refractivity contribution in [3.8, 4) is 0 Å². The van der Waals surface area contributed by atoms with Gasteiger partial charge >= 0.3 is 0 Å². The Hall–Kier alpha value is -0.120.